The van der Waals surface area contributed by atoms with E-state index in [1.165, 1.54) is 24.0 Å². The van der Waals surface area contributed by atoms with Gasteiger partial charge in [-0.2, -0.15) is 0 Å². The molecule has 0 spiro atoms. The van der Waals surface area contributed by atoms with E-state index in [0.29, 0.717) is 18.0 Å². The lowest BCUT2D eigenvalue weighted by Crippen LogP contribution is -2.41. The summed E-state index contributed by atoms with van der Waals surface area (Å²) in [7, 11) is 0. The first-order chi connectivity index (χ1) is 10.1. The normalized spacial score (nSPS) is 22.6. The van der Waals surface area contributed by atoms with E-state index in [9.17, 15) is 0 Å². The first-order valence-corrected chi connectivity index (χ1v) is 8.56. The van der Waals surface area contributed by atoms with Crippen LogP contribution < -0.4 is 5.32 Å². The molecule has 3 heteroatoms. The van der Waals surface area contributed by atoms with Crippen molar-refractivity contribution in [2.45, 2.75) is 37.8 Å². The molecule has 110 valence electrons. The lowest BCUT2D eigenvalue weighted by Gasteiger charge is -2.38. The Balaban J connectivity index is 1.54. The molecule has 1 atom stereocenters. The predicted molar refractivity (Wildman–Crippen MR) is 92.9 cm³/mol. The lowest BCUT2D eigenvalue weighted by atomic mass is 9.75. The van der Waals surface area contributed by atoms with E-state index >= 15 is 0 Å². The van der Waals surface area contributed by atoms with Gasteiger partial charge in [0.1, 0.15) is 0 Å². The fraction of sp³-hybridized carbons (Fsp3) is 0.333. The zero-order valence-electron chi connectivity index (χ0n) is 12.0. The molecule has 0 aliphatic heterocycles. The van der Waals surface area contributed by atoms with Crippen LogP contribution in [0.3, 0.4) is 0 Å². The SMILES string of the molecule is C[C@@H](NC1CC(c2ccc(Br)cc2)C1)c1cccc(Cl)c1. The fourth-order valence-electron chi connectivity index (χ4n) is 2.99. The smallest absolute Gasteiger partial charge is 0.0409 e. The van der Waals surface area contributed by atoms with Crippen molar-refractivity contribution in [2.24, 2.45) is 0 Å². The zero-order valence-corrected chi connectivity index (χ0v) is 14.4. The van der Waals surface area contributed by atoms with Gasteiger partial charge in [-0.25, -0.2) is 0 Å². The van der Waals surface area contributed by atoms with Gasteiger partial charge in [0, 0.05) is 21.6 Å². The van der Waals surface area contributed by atoms with Crippen molar-refractivity contribution in [1.82, 2.24) is 5.32 Å². The second-order valence-electron chi connectivity index (χ2n) is 5.86. The van der Waals surface area contributed by atoms with Gasteiger partial charge in [-0.05, 0) is 61.1 Å². The summed E-state index contributed by atoms with van der Waals surface area (Å²) in [4.78, 5) is 0. The quantitative estimate of drug-likeness (QED) is 0.734. The van der Waals surface area contributed by atoms with Gasteiger partial charge >= 0.3 is 0 Å². The monoisotopic (exact) mass is 363 g/mol. The maximum absolute atomic E-state index is 6.06. The first kappa shape index (κ1) is 15.1. The largest absolute Gasteiger partial charge is 0.307 e. The molecule has 0 heterocycles. The van der Waals surface area contributed by atoms with E-state index in [0.717, 1.165) is 9.50 Å². The number of hydrogen-bond acceptors (Lipinski definition) is 1. The summed E-state index contributed by atoms with van der Waals surface area (Å²) in [5.74, 6) is 0.696. The number of hydrogen-bond donors (Lipinski definition) is 1. The van der Waals surface area contributed by atoms with Crippen molar-refractivity contribution in [1.29, 1.82) is 0 Å². The van der Waals surface area contributed by atoms with Crippen LogP contribution in [0.1, 0.15) is 42.9 Å². The molecule has 21 heavy (non-hydrogen) atoms. The average molecular weight is 365 g/mol. The Hall–Kier alpha value is -0.830. The maximum Gasteiger partial charge on any atom is 0.0409 e. The topological polar surface area (TPSA) is 12.0 Å². The average Bonchev–Trinajstić information content (AvgIpc) is 2.43. The molecule has 0 unspecified atom stereocenters. The molecule has 2 aromatic rings. The van der Waals surface area contributed by atoms with Gasteiger partial charge in [0.15, 0.2) is 0 Å². The molecule has 1 aliphatic carbocycles. The summed E-state index contributed by atoms with van der Waals surface area (Å²) in [5.41, 5.74) is 2.71. The van der Waals surface area contributed by atoms with Crippen LogP contribution in [0.5, 0.6) is 0 Å². The Morgan fingerprint density at radius 3 is 2.52 bits per heavy atom. The van der Waals surface area contributed by atoms with Gasteiger partial charge in [-0.3, -0.25) is 0 Å². The Morgan fingerprint density at radius 2 is 1.86 bits per heavy atom. The second kappa shape index (κ2) is 6.51. The highest BCUT2D eigenvalue weighted by molar-refractivity contribution is 9.10. The number of halogens is 2. The highest BCUT2D eigenvalue weighted by atomic mass is 79.9. The highest BCUT2D eigenvalue weighted by Crippen LogP contribution is 2.38. The van der Waals surface area contributed by atoms with Gasteiger partial charge in [0.25, 0.3) is 0 Å². The summed E-state index contributed by atoms with van der Waals surface area (Å²) < 4.78 is 1.15. The van der Waals surface area contributed by atoms with Crippen LogP contribution in [0.2, 0.25) is 5.02 Å². The van der Waals surface area contributed by atoms with E-state index in [-0.39, 0.29) is 0 Å². The summed E-state index contributed by atoms with van der Waals surface area (Å²) in [6.45, 7) is 2.21. The zero-order chi connectivity index (χ0) is 14.8. The van der Waals surface area contributed by atoms with Crippen molar-refractivity contribution in [3.05, 3.63) is 69.2 Å². The Morgan fingerprint density at radius 1 is 1.14 bits per heavy atom. The molecule has 1 nitrogen and oxygen atoms in total. The minimum atomic E-state index is 0.347. The minimum absolute atomic E-state index is 0.347. The molecule has 3 rings (SSSR count). The van der Waals surface area contributed by atoms with Crippen molar-refractivity contribution in [3.8, 4) is 0 Å². The molecular formula is C18H19BrClN. The van der Waals surface area contributed by atoms with Crippen LogP contribution in [0.15, 0.2) is 53.0 Å². The van der Waals surface area contributed by atoms with Crippen LogP contribution in [0.25, 0.3) is 0 Å². The second-order valence-corrected chi connectivity index (χ2v) is 7.21. The van der Waals surface area contributed by atoms with Gasteiger partial charge in [0.05, 0.1) is 0 Å². The standard InChI is InChI=1S/C18H19BrClN/c1-12(14-3-2-4-17(20)9-14)21-18-10-15(11-18)13-5-7-16(19)8-6-13/h2-9,12,15,18,21H,10-11H2,1H3/t12-,15?,18?/m1/s1. The Labute approximate surface area is 139 Å². The maximum atomic E-state index is 6.06. The van der Waals surface area contributed by atoms with Gasteiger partial charge in [-0.15, -0.1) is 0 Å². The molecular weight excluding hydrogens is 346 g/mol. The van der Waals surface area contributed by atoms with Crippen LogP contribution in [0.4, 0.5) is 0 Å². The first-order valence-electron chi connectivity index (χ1n) is 7.39. The summed E-state index contributed by atoms with van der Waals surface area (Å²) >= 11 is 9.55. The molecule has 2 aromatic carbocycles. The molecule has 1 N–H and O–H groups in total. The van der Waals surface area contributed by atoms with Gasteiger partial charge < -0.3 is 5.32 Å². The summed E-state index contributed by atoms with van der Waals surface area (Å²) in [5, 5.41) is 4.51. The molecule has 1 saturated carbocycles. The number of rotatable bonds is 4. The molecule has 1 aliphatic rings. The van der Waals surface area contributed by atoms with E-state index in [1.54, 1.807) is 0 Å². The van der Waals surface area contributed by atoms with Crippen LogP contribution >= 0.6 is 27.5 Å². The molecule has 0 bridgehead atoms. The molecule has 0 amide bonds. The van der Waals surface area contributed by atoms with Crippen LogP contribution in [-0.4, -0.2) is 6.04 Å². The highest BCUT2D eigenvalue weighted by Gasteiger charge is 2.31. The van der Waals surface area contributed by atoms with Crippen LogP contribution in [-0.2, 0) is 0 Å². The lowest BCUT2D eigenvalue weighted by molar-refractivity contribution is 0.271. The third kappa shape index (κ3) is 3.68. The Kier molecular flexibility index (Phi) is 4.68. The molecule has 0 saturated heterocycles. The molecule has 0 radical (unpaired) electrons. The van der Waals surface area contributed by atoms with E-state index < -0.39 is 0 Å². The molecule has 0 aromatic heterocycles. The number of benzene rings is 2. The van der Waals surface area contributed by atoms with Crippen molar-refractivity contribution in [2.75, 3.05) is 0 Å². The van der Waals surface area contributed by atoms with Crippen molar-refractivity contribution < 1.29 is 0 Å². The predicted octanol–water partition coefficient (Wildman–Crippen LogP) is 5.70. The Bertz CT molecular complexity index is 605. The van der Waals surface area contributed by atoms with Crippen molar-refractivity contribution in [3.63, 3.8) is 0 Å². The fourth-order valence-corrected chi connectivity index (χ4v) is 3.45. The van der Waals surface area contributed by atoms with Crippen LogP contribution in [0, 0.1) is 0 Å². The third-order valence-electron chi connectivity index (χ3n) is 4.31. The summed E-state index contributed by atoms with van der Waals surface area (Å²) in [6, 6.07) is 17.8. The minimum Gasteiger partial charge on any atom is -0.307 e. The van der Waals surface area contributed by atoms with Crippen molar-refractivity contribution >= 4 is 27.5 Å². The third-order valence-corrected chi connectivity index (χ3v) is 5.08. The summed E-state index contributed by atoms with van der Waals surface area (Å²) in [6.07, 6.45) is 2.43. The van der Waals surface area contributed by atoms with E-state index in [4.69, 9.17) is 11.6 Å². The van der Waals surface area contributed by atoms with Gasteiger partial charge in [0.2, 0.25) is 0 Å². The van der Waals surface area contributed by atoms with E-state index in [1.807, 2.05) is 18.2 Å². The van der Waals surface area contributed by atoms with E-state index in [2.05, 4.69) is 58.5 Å². The van der Waals surface area contributed by atoms with Gasteiger partial charge in [-0.1, -0.05) is 51.8 Å². The molecule has 1 fully saturated rings. The number of nitrogens with one attached hydrogen (secondary N) is 1.